The Balaban J connectivity index is 1.94. The van der Waals surface area contributed by atoms with Gasteiger partial charge in [0.1, 0.15) is 6.54 Å². The number of esters is 1. The molecule has 2 aromatic heterocycles. The van der Waals surface area contributed by atoms with Crippen LogP contribution in [-0.2, 0) is 16.1 Å². The Bertz CT molecular complexity index is 1050. The predicted octanol–water partition coefficient (Wildman–Crippen LogP) is 2.11. The largest absolute Gasteiger partial charge is 0.468 e. The molecule has 0 saturated heterocycles. The highest BCUT2D eigenvalue weighted by molar-refractivity contribution is 5.83. The number of imidazole rings is 1. The van der Waals surface area contributed by atoms with E-state index in [1.165, 1.54) is 7.11 Å². The van der Waals surface area contributed by atoms with E-state index in [1.54, 1.807) is 9.08 Å². The molecule has 0 saturated carbocycles. The Morgan fingerprint density at radius 3 is 2.54 bits per heavy atom. The zero-order valence-electron chi connectivity index (χ0n) is 13.0. The Labute approximate surface area is 137 Å². The molecule has 4 rings (SSSR count). The minimum Gasteiger partial charge on any atom is -0.468 e. The molecule has 2 aromatic carbocycles. The molecule has 0 aliphatic rings. The van der Waals surface area contributed by atoms with Gasteiger partial charge in [0.15, 0.2) is 5.82 Å². The number of carbonyl (C=O) groups excluding carboxylic acids is 1. The summed E-state index contributed by atoms with van der Waals surface area (Å²) in [6.45, 7) is 0.0768. The zero-order chi connectivity index (χ0) is 16.7. The number of para-hydroxylation sites is 2. The third kappa shape index (κ3) is 2.18. The Morgan fingerprint density at radius 1 is 1.12 bits per heavy atom. The average Bonchev–Trinajstić information content (AvgIpc) is 3.15. The fourth-order valence-corrected chi connectivity index (χ4v) is 2.72. The van der Waals surface area contributed by atoms with Gasteiger partial charge >= 0.3 is 5.97 Å². The van der Waals surface area contributed by atoms with E-state index in [-0.39, 0.29) is 12.5 Å². The van der Waals surface area contributed by atoms with Gasteiger partial charge in [-0.25, -0.2) is 0 Å². The minimum absolute atomic E-state index is 0.0768. The van der Waals surface area contributed by atoms with Crippen LogP contribution in [0.3, 0.4) is 0 Å². The van der Waals surface area contributed by atoms with Crippen molar-refractivity contribution in [2.24, 2.45) is 0 Å². The molecule has 0 radical (unpaired) electrons. The van der Waals surface area contributed by atoms with Crippen molar-refractivity contribution < 1.29 is 9.53 Å². The lowest BCUT2D eigenvalue weighted by Crippen LogP contribution is -2.11. The number of anilines is 1. The summed E-state index contributed by atoms with van der Waals surface area (Å²) in [6, 6.07) is 15.1. The van der Waals surface area contributed by atoms with Crippen LogP contribution in [0, 0.1) is 0 Å². The van der Waals surface area contributed by atoms with E-state index >= 15 is 0 Å². The van der Waals surface area contributed by atoms with Crippen LogP contribution in [0.15, 0.2) is 48.5 Å². The average molecular weight is 321 g/mol. The van der Waals surface area contributed by atoms with Gasteiger partial charge in [-0.3, -0.25) is 9.36 Å². The number of rotatable bonds is 3. The van der Waals surface area contributed by atoms with Crippen molar-refractivity contribution in [2.75, 3.05) is 12.8 Å². The summed E-state index contributed by atoms with van der Waals surface area (Å²) in [5.41, 5.74) is 9.03. The first-order valence-corrected chi connectivity index (χ1v) is 7.44. The first-order valence-electron chi connectivity index (χ1n) is 7.44. The van der Waals surface area contributed by atoms with Gasteiger partial charge < -0.3 is 10.5 Å². The number of ether oxygens (including phenoxy) is 1. The molecule has 2 heterocycles. The van der Waals surface area contributed by atoms with Crippen LogP contribution in [0.5, 0.6) is 0 Å². The molecule has 2 N–H and O–H groups in total. The van der Waals surface area contributed by atoms with Crippen molar-refractivity contribution in [2.45, 2.75) is 6.54 Å². The summed E-state index contributed by atoms with van der Waals surface area (Å²) in [6.07, 6.45) is 0. The first kappa shape index (κ1) is 14.3. The highest BCUT2D eigenvalue weighted by Gasteiger charge is 2.17. The lowest BCUT2D eigenvalue weighted by molar-refractivity contribution is -0.141. The summed E-state index contributed by atoms with van der Waals surface area (Å²) < 4.78 is 8.34. The SMILES string of the molecule is COC(=O)Cn1c2ccccc2n2nc(-c3ccc(N)cc3)nc12. The lowest BCUT2D eigenvalue weighted by atomic mass is 10.2. The normalized spacial score (nSPS) is 11.2. The maximum absolute atomic E-state index is 11.8. The van der Waals surface area contributed by atoms with E-state index in [0.717, 1.165) is 16.6 Å². The number of methoxy groups -OCH3 is 1. The van der Waals surface area contributed by atoms with Crippen LogP contribution in [0.25, 0.3) is 28.2 Å². The second-order valence-electron chi connectivity index (χ2n) is 5.42. The predicted molar refractivity (Wildman–Crippen MR) is 90.3 cm³/mol. The molecule has 0 bridgehead atoms. The third-order valence-electron chi connectivity index (χ3n) is 3.92. The topological polar surface area (TPSA) is 87.4 Å². The van der Waals surface area contributed by atoms with Gasteiger partial charge in [0.25, 0.3) is 0 Å². The van der Waals surface area contributed by atoms with E-state index < -0.39 is 0 Å². The maximum atomic E-state index is 11.8. The number of nitrogens with zero attached hydrogens (tertiary/aromatic N) is 4. The van der Waals surface area contributed by atoms with Crippen LogP contribution >= 0.6 is 0 Å². The molecule has 0 unspecified atom stereocenters. The molecule has 7 heteroatoms. The Hall–Kier alpha value is -3.35. The molecule has 120 valence electrons. The number of aromatic nitrogens is 4. The van der Waals surface area contributed by atoms with Gasteiger partial charge in [0.2, 0.25) is 5.78 Å². The van der Waals surface area contributed by atoms with Gasteiger partial charge in [-0.15, -0.1) is 5.10 Å². The summed E-state index contributed by atoms with van der Waals surface area (Å²) in [7, 11) is 1.37. The van der Waals surface area contributed by atoms with E-state index in [2.05, 4.69) is 10.1 Å². The van der Waals surface area contributed by atoms with Crippen molar-refractivity contribution in [3.05, 3.63) is 48.5 Å². The molecule has 0 fully saturated rings. The van der Waals surface area contributed by atoms with Gasteiger partial charge in [-0.1, -0.05) is 12.1 Å². The molecule has 0 spiro atoms. The van der Waals surface area contributed by atoms with Crippen molar-refractivity contribution >= 4 is 28.5 Å². The van der Waals surface area contributed by atoms with Gasteiger partial charge in [0.05, 0.1) is 18.1 Å². The molecule has 0 atom stereocenters. The van der Waals surface area contributed by atoms with Crippen molar-refractivity contribution in [1.82, 2.24) is 19.2 Å². The fourth-order valence-electron chi connectivity index (χ4n) is 2.72. The van der Waals surface area contributed by atoms with Crippen molar-refractivity contribution in [3.63, 3.8) is 0 Å². The molecule has 7 nitrogen and oxygen atoms in total. The quantitative estimate of drug-likeness (QED) is 0.461. The second kappa shape index (κ2) is 5.38. The van der Waals surface area contributed by atoms with Gasteiger partial charge in [-0.05, 0) is 36.4 Å². The maximum Gasteiger partial charge on any atom is 0.325 e. The number of nitrogens with two attached hydrogens (primary N) is 1. The standard InChI is InChI=1S/C17H15N5O2/c1-24-15(23)10-21-13-4-2-3-5-14(13)22-17(21)19-16(20-22)11-6-8-12(18)9-7-11/h2-9H,10,18H2,1H3. The van der Waals surface area contributed by atoms with Crippen LogP contribution < -0.4 is 5.73 Å². The molecular formula is C17H15N5O2. The number of hydrogen-bond donors (Lipinski definition) is 1. The summed E-state index contributed by atoms with van der Waals surface area (Å²) in [5, 5.41) is 4.59. The number of fused-ring (bicyclic) bond motifs is 3. The molecule has 0 amide bonds. The number of carbonyl (C=O) groups is 1. The van der Waals surface area contributed by atoms with E-state index in [1.807, 2.05) is 48.5 Å². The number of nitrogen functional groups attached to an aromatic ring is 1. The summed E-state index contributed by atoms with van der Waals surface area (Å²) in [5.74, 6) is 0.832. The number of benzene rings is 2. The molecule has 0 aliphatic heterocycles. The van der Waals surface area contributed by atoms with Crippen molar-refractivity contribution in [3.8, 4) is 11.4 Å². The first-order chi connectivity index (χ1) is 11.7. The second-order valence-corrected chi connectivity index (χ2v) is 5.42. The van der Waals surface area contributed by atoms with E-state index in [4.69, 9.17) is 10.5 Å². The van der Waals surface area contributed by atoms with Crippen molar-refractivity contribution in [1.29, 1.82) is 0 Å². The van der Waals surface area contributed by atoms with Crippen LogP contribution in [0.2, 0.25) is 0 Å². The van der Waals surface area contributed by atoms with Crippen LogP contribution in [0.1, 0.15) is 0 Å². The smallest absolute Gasteiger partial charge is 0.325 e. The highest BCUT2D eigenvalue weighted by Crippen LogP contribution is 2.23. The molecule has 24 heavy (non-hydrogen) atoms. The molecule has 4 aromatic rings. The highest BCUT2D eigenvalue weighted by atomic mass is 16.5. The monoisotopic (exact) mass is 321 g/mol. The molecule has 0 aliphatic carbocycles. The Kier molecular flexibility index (Phi) is 3.19. The van der Waals surface area contributed by atoms with E-state index in [9.17, 15) is 4.79 Å². The number of hydrogen-bond acceptors (Lipinski definition) is 5. The Morgan fingerprint density at radius 2 is 1.83 bits per heavy atom. The van der Waals surface area contributed by atoms with Gasteiger partial charge in [-0.2, -0.15) is 9.50 Å². The minimum atomic E-state index is -0.338. The third-order valence-corrected chi connectivity index (χ3v) is 3.92. The van der Waals surface area contributed by atoms with Crippen LogP contribution in [-0.4, -0.2) is 32.2 Å². The van der Waals surface area contributed by atoms with Gasteiger partial charge in [0, 0.05) is 11.3 Å². The van der Waals surface area contributed by atoms with Crippen LogP contribution in [0.4, 0.5) is 5.69 Å². The summed E-state index contributed by atoms with van der Waals surface area (Å²) in [4.78, 5) is 16.4. The van der Waals surface area contributed by atoms with E-state index in [0.29, 0.717) is 17.3 Å². The summed E-state index contributed by atoms with van der Waals surface area (Å²) >= 11 is 0. The lowest BCUT2D eigenvalue weighted by Gasteiger charge is -2.02. The molecular weight excluding hydrogens is 306 g/mol. The fraction of sp³-hybridized carbons (Fsp3) is 0.118. The zero-order valence-corrected chi connectivity index (χ0v) is 13.0.